The van der Waals surface area contributed by atoms with Gasteiger partial charge in [0.25, 0.3) is 0 Å². The van der Waals surface area contributed by atoms with E-state index in [9.17, 15) is 0 Å². The molecule has 0 atom stereocenters. The average molecular weight is 230 g/mol. The van der Waals surface area contributed by atoms with Gasteiger partial charge >= 0.3 is 0 Å². The maximum Gasteiger partial charge on any atom is 0.124 e. The van der Waals surface area contributed by atoms with Gasteiger partial charge in [-0.25, -0.2) is 0 Å². The fourth-order valence-electron chi connectivity index (χ4n) is 1.32. The summed E-state index contributed by atoms with van der Waals surface area (Å²) < 4.78 is 5.21. The van der Waals surface area contributed by atoms with Crippen LogP contribution in [0.3, 0.4) is 0 Å². The Kier molecular flexibility index (Phi) is 5.47. The van der Waals surface area contributed by atoms with Crippen molar-refractivity contribution >= 4 is 11.6 Å². The second kappa shape index (κ2) is 6.67. The lowest BCUT2D eigenvalue weighted by atomic mass is 10.2. The van der Waals surface area contributed by atoms with Crippen molar-refractivity contribution in [2.24, 2.45) is 0 Å². The molecule has 0 saturated carbocycles. The fraction of sp³-hybridized carbons (Fsp3) is 0.455. The Morgan fingerprint density at radius 1 is 1.47 bits per heavy atom. The number of rotatable bonds is 6. The summed E-state index contributed by atoms with van der Waals surface area (Å²) >= 11 is 6.05. The predicted molar refractivity (Wildman–Crippen MR) is 61.4 cm³/mol. The Bertz CT molecular complexity index is 305. The third-order valence-electron chi connectivity index (χ3n) is 2.11. The molecule has 0 aliphatic rings. The first-order valence-electron chi connectivity index (χ1n) is 4.92. The molecule has 3 nitrogen and oxygen atoms in total. The minimum atomic E-state index is 0.201. The summed E-state index contributed by atoms with van der Waals surface area (Å²) in [6.45, 7) is 1.63. The van der Waals surface area contributed by atoms with Gasteiger partial charge in [-0.1, -0.05) is 17.7 Å². The highest BCUT2D eigenvalue weighted by Crippen LogP contribution is 2.25. The lowest BCUT2D eigenvalue weighted by molar-refractivity contribution is 0.286. The number of aliphatic hydroxyl groups excluding tert-OH is 1. The molecular formula is C11H16ClNO2. The van der Waals surface area contributed by atoms with Gasteiger partial charge in [-0.05, 0) is 25.1 Å². The van der Waals surface area contributed by atoms with Crippen molar-refractivity contribution in [3.63, 3.8) is 0 Å². The predicted octanol–water partition coefficient (Wildman–Crippen LogP) is 1.82. The third-order valence-corrected chi connectivity index (χ3v) is 2.46. The summed E-state index contributed by atoms with van der Waals surface area (Å²) in [5, 5.41) is 12.5. The summed E-state index contributed by atoms with van der Waals surface area (Å²) in [6, 6.07) is 5.58. The van der Waals surface area contributed by atoms with Crippen molar-refractivity contribution in [3.05, 3.63) is 28.8 Å². The molecule has 0 spiro atoms. The maximum absolute atomic E-state index is 8.63. The first-order valence-corrected chi connectivity index (χ1v) is 5.30. The van der Waals surface area contributed by atoms with Crippen molar-refractivity contribution in [3.8, 4) is 5.75 Å². The van der Waals surface area contributed by atoms with Gasteiger partial charge in [0, 0.05) is 23.7 Å². The molecule has 0 bridgehead atoms. The summed E-state index contributed by atoms with van der Waals surface area (Å²) in [6.07, 6.45) is 0.743. The highest BCUT2D eigenvalue weighted by atomic mass is 35.5. The zero-order valence-electron chi connectivity index (χ0n) is 8.79. The number of hydrogen-bond donors (Lipinski definition) is 2. The van der Waals surface area contributed by atoms with Crippen LogP contribution < -0.4 is 10.1 Å². The molecule has 0 aliphatic heterocycles. The highest BCUT2D eigenvalue weighted by Gasteiger charge is 2.06. The van der Waals surface area contributed by atoms with Gasteiger partial charge in [0.05, 0.1) is 7.11 Å². The molecule has 1 aromatic rings. The van der Waals surface area contributed by atoms with Gasteiger partial charge in [-0.3, -0.25) is 0 Å². The van der Waals surface area contributed by atoms with Crippen LogP contribution in [-0.2, 0) is 6.54 Å². The number of ether oxygens (including phenoxy) is 1. The zero-order valence-corrected chi connectivity index (χ0v) is 9.55. The summed E-state index contributed by atoms with van der Waals surface area (Å²) in [5.41, 5.74) is 0.958. The molecule has 15 heavy (non-hydrogen) atoms. The average Bonchev–Trinajstić information content (AvgIpc) is 2.26. The maximum atomic E-state index is 8.63. The van der Waals surface area contributed by atoms with Gasteiger partial charge in [0.1, 0.15) is 5.75 Å². The van der Waals surface area contributed by atoms with E-state index in [0.29, 0.717) is 11.6 Å². The standard InChI is InChI=1S/C11H16ClNO2/c1-15-11-5-2-4-10(12)9(11)8-13-6-3-7-14/h2,4-5,13-14H,3,6-8H2,1H3. The van der Waals surface area contributed by atoms with Crippen molar-refractivity contribution in [1.29, 1.82) is 0 Å². The van der Waals surface area contributed by atoms with Crippen LogP contribution in [0.25, 0.3) is 0 Å². The molecule has 1 rings (SSSR count). The molecule has 0 heterocycles. The molecule has 4 heteroatoms. The van der Waals surface area contributed by atoms with Crippen LogP contribution in [0.1, 0.15) is 12.0 Å². The zero-order chi connectivity index (χ0) is 11.1. The van der Waals surface area contributed by atoms with E-state index >= 15 is 0 Å². The van der Waals surface area contributed by atoms with E-state index in [1.54, 1.807) is 7.11 Å². The normalized spacial score (nSPS) is 10.3. The largest absolute Gasteiger partial charge is 0.496 e. The van der Waals surface area contributed by atoms with Crippen LogP contribution in [0.15, 0.2) is 18.2 Å². The summed E-state index contributed by atoms with van der Waals surface area (Å²) in [7, 11) is 1.63. The van der Waals surface area contributed by atoms with Crippen LogP contribution >= 0.6 is 11.6 Å². The molecule has 84 valence electrons. The van der Waals surface area contributed by atoms with Gasteiger partial charge in [-0.15, -0.1) is 0 Å². The molecule has 0 saturated heterocycles. The molecule has 0 unspecified atom stereocenters. The summed E-state index contributed by atoms with van der Waals surface area (Å²) in [5.74, 6) is 0.791. The Morgan fingerprint density at radius 2 is 2.27 bits per heavy atom. The van der Waals surface area contributed by atoms with Crippen LogP contribution in [0.4, 0.5) is 0 Å². The Hall–Kier alpha value is -0.770. The number of benzene rings is 1. The van der Waals surface area contributed by atoms with Crippen molar-refractivity contribution in [1.82, 2.24) is 5.32 Å². The van der Waals surface area contributed by atoms with Crippen LogP contribution in [0.5, 0.6) is 5.75 Å². The molecule has 0 aromatic heterocycles. The molecular weight excluding hydrogens is 214 g/mol. The number of methoxy groups -OCH3 is 1. The quantitative estimate of drug-likeness (QED) is 0.732. The minimum Gasteiger partial charge on any atom is -0.496 e. The highest BCUT2D eigenvalue weighted by molar-refractivity contribution is 6.31. The molecule has 2 N–H and O–H groups in total. The van der Waals surface area contributed by atoms with E-state index < -0.39 is 0 Å². The second-order valence-electron chi connectivity index (χ2n) is 3.17. The van der Waals surface area contributed by atoms with E-state index in [1.807, 2.05) is 18.2 Å². The fourth-order valence-corrected chi connectivity index (χ4v) is 1.55. The SMILES string of the molecule is COc1cccc(Cl)c1CNCCCO. The molecule has 0 radical (unpaired) electrons. The lowest BCUT2D eigenvalue weighted by Gasteiger charge is -2.10. The van der Waals surface area contributed by atoms with Gasteiger partial charge in [0.15, 0.2) is 0 Å². The van der Waals surface area contributed by atoms with Crippen molar-refractivity contribution in [2.45, 2.75) is 13.0 Å². The van der Waals surface area contributed by atoms with E-state index in [1.165, 1.54) is 0 Å². The third kappa shape index (κ3) is 3.70. The Balaban J connectivity index is 2.58. The molecule has 0 fully saturated rings. The monoisotopic (exact) mass is 229 g/mol. The van der Waals surface area contributed by atoms with Crippen LogP contribution in [0, 0.1) is 0 Å². The lowest BCUT2D eigenvalue weighted by Crippen LogP contribution is -2.16. The molecule has 0 aliphatic carbocycles. The van der Waals surface area contributed by atoms with Crippen molar-refractivity contribution < 1.29 is 9.84 Å². The van der Waals surface area contributed by atoms with E-state index in [4.69, 9.17) is 21.4 Å². The van der Waals surface area contributed by atoms with Crippen molar-refractivity contribution in [2.75, 3.05) is 20.3 Å². The number of nitrogens with one attached hydrogen (secondary N) is 1. The van der Waals surface area contributed by atoms with E-state index in [2.05, 4.69) is 5.32 Å². The van der Waals surface area contributed by atoms with E-state index in [0.717, 1.165) is 24.3 Å². The first-order chi connectivity index (χ1) is 7.29. The Labute approximate surface area is 95.0 Å². The smallest absolute Gasteiger partial charge is 0.124 e. The number of hydrogen-bond acceptors (Lipinski definition) is 3. The molecule has 1 aromatic carbocycles. The first kappa shape index (κ1) is 12.3. The van der Waals surface area contributed by atoms with Gasteiger partial charge in [0.2, 0.25) is 0 Å². The number of halogens is 1. The second-order valence-corrected chi connectivity index (χ2v) is 3.58. The van der Waals surface area contributed by atoms with Crippen LogP contribution in [-0.4, -0.2) is 25.4 Å². The van der Waals surface area contributed by atoms with E-state index in [-0.39, 0.29) is 6.61 Å². The topological polar surface area (TPSA) is 41.5 Å². The summed E-state index contributed by atoms with van der Waals surface area (Å²) in [4.78, 5) is 0. The minimum absolute atomic E-state index is 0.201. The van der Waals surface area contributed by atoms with Gasteiger partial charge < -0.3 is 15.2 Å². The van der Waals surface area contributed by atoms with Crippen LogP contribution in [0.2, 0.25) is 5.02 Å². The molecule has 0 amide bonds. The Morgan fingerprint density at radius 3 is 2.93 bits per heavy atom. The van der Waals surface area contributed by atoms with Gasteiger partial charge in [-0.2, -0.15) is 0 Å². The number of aliphatic hydroxyl groups is 1.